The highest BCUT2D eigenvalue weighted by molar-refractivity contribution is 7.89. The second-order valence-corrected chi connectivity index (χ2v) is 10.2. The van der Waals surface area contributed by atoms with Crippen molar-refractivity contribution in [2.45, 2.75) is 37.0 Å². The lowest BCUT2D eigenvalue weighted by Gasteiger charge is -2.27. The van der Waals surface area contributed by atoms with Gasteiger partial charge in [-0.1, -0.05) is 18.2 Å². The minimum absolute atomic E-state index is 0.0411. The molecule has 4 rings (SSSR count). The van der Waals surface area contributed by atoms with E-state index in [1.807, 2.05) is 6.20 Å². The van der Waals surface area contributed by atoms with Gasteiger partial charge in [-0.25, -0.2) is 17.5 Å². The number of aromatic nitrogens is 1. The number of hydrogen-bond donors (Lipinski definition) is 3. The number of carbonyl (C=O) groups excluding carboxylic acids is 1. The Bertz CT molecular complexity index is 1170. The van der Waals surface area contributed by atoms with Crippen molar-refractivity contribution in [3.63, 3.8) is 0 Å². The topological polar surface area (TPSA) is 91.1 Å². The zero-order valence-electron chi connectivity index (χ0n) is 17.8. The summed E-state index contributed by atoms with van der Waals surface area (Å²) in [7, 11) is -3.50. The van der Waals surface area contributed by atoms with Gasteiger partial charge in [0.15, 0.2) is 0 Å². The Hall–Kier alpha value is -2.71. The maximum absolute atomic E-state index is 13.5. The van der Waals surface area contributed by atoms with Crippen LogP contribution in [0.2, 0.25) is 0 Å². The molecule has 1 amide bonds. The first-order valence-corrected chi connectivity index (χ1v) is 12.5. The molecule has 0 saturated heterocycles. The minimum Gasteiger partial charge on any atom is -0.361 e. The quantitative estimate of drug-likeness (QED) is 0.481. The minimum atomic E-state index is -3.50. The molecule has 3 N–H and O–H groups in total. The maximum atomic E-state index is 13.5. The average molecular weight is 458 g/mol. The monoisotopic (exact) mass is 457 g/mol. The van der Waals surface area contributed by atoms with Gasteiger partial charge in [-0.15, -0.1) is 0 Å². The Balaban J connectivity index is 1.20. The zero-order valence-corrected chi connectivity index (χ0v) is 18.6. The number of H-pyrrole nitrogens is 1. The number of fused-ring (bicyclic) bond motifs is 1. The number of rotatable bonds is 8. The Morgan fingerprint density at radius 3 is 2.56 bits per heavy atom. The van der Waals surface area contributed by atoms with Crippen LogP contribution in [-0.2, 0) is 21.2 Å². The van der Waals surface area contributed by atoms with Crippen LogP contribution in [0, 0.1) is 17.7 Å². The van der Waals surface area contributed by atoms with E-state index in [2.05, 4.69) is 15.0 Å². The third kappa shape index (κ3) is 5.37. The number of aromatic amines is 1. The van der Waals surface area contributed by atoms with Crippen LogP contribution in [0.1, 0.15) is 31.2 Å². The summed E-state index contributed by atoms with van der Waals surface area (Å²) in [6.07, 6.45) is 5.63. The van der Waals surface area contributed by atoms with E-state index in [0.717, 1.165) is 42.1 Å². The van der Waals surface area contributed by atoms with Gasteiger partial charge in [0.2, 0.25) is 15.9 Å². The predicted octanol–water partition coefficient (Wildman–Crippen LogP) is 3.75. The van der Waals surface area contributed by atoms with Gasteiger partial charge in [-0.05, 0) is 73.9 Å². The van der Waals surface area contributed by atoms with E-state index in [1.54, 1.807) is 36.4 Å². The molecule has 8 heteroatoms. The number of amides is 1. The molecule has 32 heavy (non-hydrogen) atoms. The fourth-order valence-electron chi connectivity index (χ4n) is 4.36. The molecule has 1 aliphatic rings. The molecule has 0 radical (unpaired) electrons. The van der Waals surface area contributed by atoms with Crippen LogP contribution in [0.3, 0.4) is 0 Å². The molecule has 170 valence electrons. The van der Waals surface area contributed by atoms with E-state index in [9.17, 15) is 17.6 Å². The summed E-state index contributed by atoms with van der Waals surface area (Å²) in [5.74, 6) is -0.0411. The van der Waals surface area contributed by atoms with E-state index in [-0.39, 0.29) is 28.5 Å². The molecule has 6 nitrogen and oxygen atoms in total. The Labute approximate surface area is 187 Å². The number of carbonyl (C=O) groups is 1. The van der Waals surface area contributed by atoms with Crippen LogP contribution in [0.25, 0.3) is 10.9 Å². The third-order valence-corrected chi connectivity index (χ3v) is 7.70. The van der Waals surface area contributed by atoms with Crippen molar-refractivity contribution < 1.29 is 17.6 Å². The largest absolute Gasteiger partial charge is 0.361 e. The van der Waals surface area contributed by atoms with Crippen LogP contribution >= 0.6 is 0 Å². The first kappa shape index (κ1) is 22.5. The van der Waals surface area contributed by atoms with Crippen molar-refractivity contribution in [3.8, 4) is 0 Å². The van der Waals surface area contributed by atoms with Gasteiger partial charge in [-0.3, -0.25) is 4.79 Å². The first-order chi connectivity index (χ1) is 15.4. The standard InChI is InChI=1S/C24H28FN3O3S/c25-20-10-11-23-22(14-20)19(16-27-23)12-13-26-24(29)18-8-6-17(7-9-18)15-28-32(30,31)21-4-2-1-3-5-21/h1-5,10-11,14,16-18,27-28H,6-9,12-13,15H2,(H,26,29). The molecule has 0 atom stereocenters. The molecule has 3 aromatic rings. The number of benzene rings is 2. The van der Waals surface area contributed by atoms with Crippen LogP contribution in [-0.4, -0.2) is 32.4 Å². The highest BCUT2D eigenvalue weighted by Crippen LogP contribution is 2.29. The lowest BCUT2D eigenvalue weighted by atomic mass is 9.81. The highest BCUT2D eigenvalue weighted by Gasteiger charge is 2.27. The second-order valence-electron chi connectivity index (χ2n) is 8.43. The summed E-state index contributed by atoms with van der Waals surface area (Å²) in [6, 6.07) is 13.0. The summed E-state index contributed by atoms with van der Waals surface area (Å²) in [6.45, 7) is 0.891. The van der Waals surface area contributed by atoms with Crippen LogP contribution < -0.4 is 10.0 Å². The van der Waals surface area contributed by atoms with Crippen molar-refractivity contribution in [1.82, 2.24) is 15.0 Å². The fourth-order valence-corrected chi connectivity index (χ4v) is 5.50. The molecule has 1 fully saturated rings. The summed E-state index contributed by atoms with van der Waals surface area (Å²) in [4.78, 5) is 16.0. The summed E-state index contributed by atoms with van der Waals surface area (Å²) >= 11 is 0. The van der Waals surface area contributed by atoms with E-state index in [4.69, 9.17) is 0 Å². The molecule has 1 aliphatic carbocycles. The molecule has 1 saturated carbocycles. The molecule has 0 unspecified atom stereocenters. The highest BCUT2D eigenvalue weighted by atomic mass is 32.2. The van der Waals surface area contributed by atoms with Gasteiger partial charge < -0.3 is 10.3 Å². The molecule has 0 bridgehead atoms. The van der Waals surface area contributed by atoms with Gasteiger partial charge in [0, 0.05) is 36.1 Å². The van der Waals surface area contributed by atoms with E-state index in [0.29, 0.717) is 19.5 Å². The molecular weight excluding hydrogens is 429 g/mol. The summed E-state index contributed by atoms with van der Waals surface area (Å²) in [5, 5.41) is 3.85. The van der Waals surface area contributed by atoms with Gasteiger partial charge in [0.1, 0.15) is 5.82 Å². The molecule has 0 spiro atoms. The Morgan fingerprint density at radius 2 is 1.81 bits per heavy atom. The number of hydrogen-bond acceptors (Lipinski definition) is 3. The molecule has 2 aromatic carbocycles. The summed E-state index contributed by atoms with van der Waals surface area (Å²) < 4.78 is 40.9. The number of sulfonamides is 1. The van der Waals surface area contributed by atoms with Crippen LogP contribution in [0.4, 0.5) is 4.39 Å². The van der Waals surface area contributed by atoms with E-state index >= 15 is 0 Å². The summed E-state index contributed by atoms with van der Waals surface area (Å²) in [5.41, 5.74) is 1.86. The van der Waals surface area contributed by atoms with Gasteiger partial charge in [-0.2, -0.15) is 0 Å². The van der Waals surface area contributed by atoms with Crippen molar-refractivity contribution in [2.75, 3.05) is 13.1 Å². The van der Waals surface area contributed by atoms with Crippen molar-refractivity contribution in [2.24, 2.45) is 11.8 Å². The zero-order chi connectivity index (χ0) is 22.6. The van der Waals surface area contributed by atoms with E-state index in [1.165, 1.54) is 12.1 Å². The average Bonchev–Trinajstić information content (AvgIpc) is 3.20. The SMILES string of the molecule is O=C(NCCc1c[nH]c2ccc(F)cc12)C1CCC(CNS(=O)(=O)c2ccccc2)CC1. The Kier molecular flexibility index (Phi) is 6.91. The van der Waals surface area contributed by atoms with Crippen molar-refractivity contribution in [3.05, 3.63) is 66.1 Å². The molecule has 1 aromatic heterocycles. The lowest BCUT2D eigenvalue weighted by Crippen LogP contribution is -2.36. The fraction of sp³-hybridized carbons (Fsp3) is 0.375. The van der Waals surface area contributed by atoms with Crippen LogP contribution in [0.15, 0.2) is 59.6 Å². The van der Waals surface area contributed by atoms with Gasteiger partial charge in [0.05, 0.1) is 4.90 Å². The smallest absolute Gasteiger partial charge is 0.240 e. The van der Waals surface area contributed by atoms with Gasteiger partial charge in [0.25, 0.3) is 0 Å². The number of nitrogens with one attached hydrogen (secondary N) is 3. The first-order valence-electron chi connectivity index (χ1n) is 11.0. The second kappa shape index (κ2) is 9.83. The van der Waals surface area contributed by atoms with Crippen molar-refractivity contribution in [1.29, 1.82) is 0 Å². The van der Waals surface area contributed by atoms with Gasteiger partial charge >= 0.3 is 0 Å². The lowest BCUT2D eigenvalue weighted by molar-refractivity contribution is -0.126. The predicted molar refractivity (Wildman–Crippen MR) is 122 cm³/mol. The molecular formula is C24H28FN3O3S. The maximum Gasteiger partial charge on any atom is 0.240 e. The van der Waals surface area contributed by atoms with Crippen LogP contribution in [0.5, 0.6) is 0 Å². The Morgan fingerprint density at radius 1 is 1.06 bits per heavy atom. The molecule has 1 heterocycles. The normalized spacial score (nSPS) is 19.2. The third-order valence-electron chi connectivity index (χ3n) is 6.26. The van der Waals surface area contributed by atoms with E-state index < -0.39 is 10.0 Å². The van der Waals surface area contributed by atoms with Crippen molar-refractivity contribution >= 4 is 26.8 Å². The molecule has 0 aliphatic heterocycles. The number of halogens is 1.